The van der Waals surface area contributed by atoms with Gasteiger partial charge in [0.1, 0.15) is 18.3 Å². The predicted octanol–water partition coefficient (Wildman–Crippen LogP) is -1.64. The Morgan fingerprint density at radius 1 is 0.632 bits per heavy atom. The fourth-order valence-electron chi connectivity index (χ4n) is 0. The summed E-state index contributed by atoms with van der Waals surface area (Å²) in [6.07, 6.45) is -3.69. The molecule has 0 saturated carbocycles. The minimum absolute atomic E-state index is 0. The van der Waals surface area contributed by atoms with Gasteiger partial charge in [0.05, 0.1) is 0 Å². The first-order valence-corrected chi connectivity index (χ1v) is 4.66. The Morgan fingerprint density at radius 2 is 0.684 bits per heavy atom. The van der Waals surface area contributed by atoms with E-state index >= 15 is 0 Å². The van der Waals surface area contributed by atoms with Gasteiger partial charge in [-0.05, 0) is 20.8 Å². The number of carbonyl (C=O) groups is 3. The molecule has 19 heavy (non-hydrogen) atoms. The number of aliphatic hydroxyl groups is 3. The van der Waals surface area contributed by atoms with Crippen molar-refractivity contribution in [2.75, 3.05) is 0 Å². The van der Waals surface area contributed by atoms with Crippen LogP contribution < -0.4 is 0 Å². The van der Waals surface area contributed by atoms with Crippen LogP contribution in [-0.2, 0) is 14.4 Å². The van der Waals surface area contributed by atoms with Crippen molar-refractivity contribution < 1.29 is 82.8 Å². The number of rotatable bonds is 3. The topological polar surface area (TPSA) is 173 Å². The molecule has 1 radical (unpaired) electrons. The fraction of sp³-hybridized carbons (Fsp3) is 0.667. The van der Waals surface area contributed by atoms with E-state index in [-0.39, 0.29) is 37.7 Å². The van der Waals surface area contributed by atoms with Crippen LogP contribution in [-0.4, -0.2) is 66.9 Å². The third-order valence-corrected chi connectivity index (χ3v) is 1.07. The van der Waals surface area contributed by atoms with Gasteiger partial charge in [0.2, 0.25) is 0 Å². The number of hydrogen-bond donors (Lipinski definition) is 6. The van der Waals surface area contributed by atoms with Crippen molar-refractivity contribution in [1.82, 2.24) is 0 Å². The van der Waals surface area contributed by atoms with Crippen molar-refractivity contribution >= 4 is 17.9 Å². The Kier molecular flexibility index (Phi) is 22.2. The van der Waals surface area contributed by atoms with E-state index in [1.807, 2.05) is 0 Å². The molecule has 0 aromatic heterocycles. The Labute approximate surface area is 139 Å². The summed E-state index contributed by atoms with van der Waals surface area (Å²) in [6.45, 7) is 3.59. The van der Waals surface area contributed by atoms with Crippen LogP contribution in [0.4, 0.5) is 0 Å². The zero-order valence-electron chi connectivity index (χ0n) is 10.4. The van der Waals surface area contributed by atoms with Gasteiger partial charge < -0.3 is 30.6 Å². The first-order chi connectivity index (χ1) is 7.93. The molecule has 3 atom stereocenters. The van der Waals surface area contributed by atoms with E-state index in [1.54, 1.807) is 0 Å². The Hall–Kier alpha value is -0.450. The maximum absolute atomic E-state index is 9.45. The van der Waals surface area contributed by atoms with Gasteiger partial charge in [0.15, 0.2) is 0 Å². The predicted molar refractivity (Wildman–Crippen MR) is 57.9 cm³/mol. The monoisotopic (exact) mass is 435 g/mol. The van der Waals surface area contributed by atoms with Crippen LogP contribution in [0.1, 0.15) is 20.8 Å². The summed E-state index contributed by atoms with van der Waals surface area (Å²) in [5, 5.41) is 47.3. The van der Waals surface area contributed by atoms with Crippen LogP contribution in [0, 0.1) is 37.7 Å². The molecule has 0 aliphatic rings. The minimum atomic E-state index is -1.23. The van der Waals surface area contributed by atoms with Crippen molar-refractivity contribution in [3.8, 4) is 0 Å². The molecule has 0 aromatic rings. The van der Waals surface area contributed by atoms with E-state index in [0.29, 0.717) is 0 Å². The second-order valence-electron chi connectivity index (χ2n) is 3.04. The quantitative estimate of drug-likeness (QED) is 0.284. The molecule has 119 valence electrons. The van der Waals surface area contributed by atoms with Crippen molar-refractivity contribution in [3.63, 3.8) is 0 Å². The fourth-order valence-corrected chi connectivity index (χ4v) is 0. The molecule has 0 bridgehead atoms. The molecule has 3 unspecified atom stereocenters. The van der Waals surface area contributed by atoms with E-state index in [0.717, 1.165) is 0 Å². The largest absolute Gasteiger partial charge is 0.479 e. The molecule has 0 fully saturated rings. The van der Waals surface area contributed by atoms with Gasteiger partial charge in [-0.25, -0.2) is 14.4 Å². The molecule has 0 aliphatic carbocycles. The normalized spacial score (nSPS) is 12.9. The van der Waals surface area contributed by atoms with Crippen molar-refractivity contribution in [1.29, 1.82) is 0 Å². The van der Waals surface area contributed by atoms with Gasteiger partial charge in [-0.3, -0.25) is 0 Å². The smallest absolute Gasteiger partial charge is 0.332 e. The third-order valence-electron chi connectivity index (χ3n) is 1.07. The summed E-state index contributed by atoms with van der Waals surface area (Å²) < 4.78 is 0. The SMILES string of the molecule is CC(O)C(=O)O.CC(O)C(=O)O.CC(O)C(=O)O.[Ho]. The zero-order chi connectivity index (χ0) is 15.5. The zero-order valence-corrected chi connectivity index (χ0v) is 12.4. The average Bonchev–Trinajstić information content (AvgIpc) is 2.18. The summed E-state index contributed by atoms with van der Waals surface area (Å²) in [4.78, 5) is 28.3. The molecule has 0 heterocycles. The van der Waals surface area contributed by atoms with Gasteiger partial charge in [-0.2, -0.15) is 0 Å². The Bertz CT molecular complexity index is 220. The first kappa shape index (κ1) is 27.0. The van der Waals surface area contributed by atoms with Gasteiger partial charge in [-0.1, -0.05) is 0 Å². The number of carboxylic acids is 3. The van der Waals surface area contributed by atoms with Crippen molar-refractivity contribution in [2.24, 2.45) is 0 Å². The van der Waals surface area contributed by atoms with Gasteiger partial charge in [-0.15, -0.1) is 0 Å². The first-order valence-electron chi connectivity index (χ1n) is 4.66. The van der Waals surface area contributed by atoms with E-state index in [1.165, 1.54) is 20.8 Å². The van der Waals surface area contributed by atoms with Gasteiger partial charge in [0, 0.05) is 37.7 Å². The van der Waals surface area contributed by atoms with Crippen LogP contribution in [0.2, 0.25) is 0 Å². The number of hydrogen-bond acceptors (Lipinski definition) is 6. The van der Waals surface area contributed by atoms with Crippen LogP contribution in [0.25, 0.3) is 0 Å². The summed E-state index contributed by atoms with van der Waals surface area (Å²) in [5.41, 5.74) is 0. The Morgan fingerprint density at radius 3 is 0.684 bits per heavy atom. The van der Waals surface area contributed by atoms with Crippen molar-refractivity contribution in [3.05, 3.63) is 0 Å². The molecule has 10 heteroatoms. The molecule has 0 spiro atoms. The third kappa shape index (κ3) is 31.8. The van der Waals surface area contributed by atoms with Gasteiger partial charge in [0.25, 0.3) is 0 Å². The van der Waals surface area contributed by atoms with Crippen LogP contribution in [0.5, 0.6) is 0 Å². The van der Waals surface area contributed by atoms with Crippen LogP contribution in [0.15, 0.2) is 0 Å². The molecule has 6 N–H and O–H groups in total. The summed E-state index contributed by atoms with van der Waals surface area (Å²) in [7, 11) is 0. The molecule has 0 saturated heterocycles. The van der Waals surface area contributed by atoms with E-state index in [2.05, 4.69) is 0 Å². The van der Waals surface area contributed by atoms with Crippen LogP contribution in [0.3, 0.4) is 0 Å². The molecule has 0 aliphatic heterocycles. The maximum atomic E-state index is 9.45. The summed E-state index contributed by atoms with van der Waals surface area (Å²) >= 11 is 0. The van der Waals surface area contributed by atoms with Crippen molar-refractivity contribution in [2.45, 2.75) is 39.1 Å². The summed E-state index contributed by atoms with van der Waals surface area (Å²) in [6, 6.07) is 0. The molecular weight excluding hydrogens is 417 g/mol. The molecule has 9 nitrogen and oxygen atoms in total. The standard InChI is InChI=1S/3C3H6O3.Ho/c3*1-2(4)3(5)6;/h3*2,4H,1H3,(H,5,6);. The molecule has 0 amide bonds. The van der Waals surface area contributed by atoms with Gasteiger partial charge >= 0.3 is 17.9 Å². The summed E-state index contributed by atoms with van der Waals surface area (Å²) in [5.74, 6) is -3.56. The molecular formula is C9H18HoO9. The van der Waals surface area contributed by atoms with E-state index in [9.17, 15) is 14.4 Å². The number of aliphatic carboxylic acids is 3. The number of aliphatic hydroxyl groups excluding tert-OH is 3. The van der Waals surface area contributed by atoms with Crippen LogP contribution >= 0.6 is 0 Å². The van der Waals surface area contributed by atoms with E-state index < -0.39 is 36.2 Å². The second kappa shape index (κ2) is 15.6. The molecule has 0 rings (SSSR count). The average molecular weight is 435 g/mol. The Balaban J connectivity index is -0.0000000865. The second-order valence-corrected chi connectivity index (χ2v) is 3.04. The molecule has 0 aromatic carbocycles. The minimum Gasteiger partial charge on any atom is -0.479 e. The number of carboxylic acid groups (broad SMARTS) is 3. The van der Waals surface area contributed by atoms with E-state index in [4.69, 9.17) is 30.6 Å². The maximum Gasteiger partial charge on any atom is 0.332 e.